The third-order valence-corrected chi connectivity index (χ3v) is 6.75. The van der Waals surface area contributed by atoms with Crippen LogP contribution in [-0.4, -0.2) is 16.5 Å². The molecule has 146 valence electrons. The van der Waals surface area contributed by atoms with Crippen LogP contribution in [0.3, 0.4) is 0 Å². The molecule has 1 aliphatic rings. The van der Waals surface area contributed by atoms with Crippen LogP contribution in [0.2, 0.25) is 0 Å². The molecule has 0 unspecified atom stereocenters. The van der Waals surface area contributed by atoms with Crippen molar-refractivity contribution in [2.75, 3.05) is 6.54 Å². The van der Waals surface area contributed by atoms with Crippen LogP contribution in [-0.2, 0) is 11.8 Å². The molecule has 2 aromatic heterocycles. The van der Waals surface area contributed by atoms with E-state index in [1.165, 1.54) is 16.9 Å². The Morgan fingerprint density at radius 1 is 1.00 bits per heavy atom. The number of hydrogen-bond acceptors (Lipinski definition) is 4. The molecule has 0 aliphatic heterocycles. The Bertz CT molecular complexity index is 1170. The molecule has 0 spiro atoms. The Morgan fingerprint density at radius 3 is 2.55 bits per heavy atom. The summed E-state index contributed by atoms with van der Waals surface area (Å²) in [6, 6.07) is 20.1. The first-order valence-electron chi connectivity index (χ1n) is 10.0. The van der Waals surface area contributed by atoms with Crippen molar-refractivity contribution in [2.45, 2.75) is 31.1 Å². The molecule has 0 amide bonds. The molecule has 5 rings (SSSR count). The predicted octanol–water partition coefficient (Wildman–Crippen LogP) is 5.47. The quantitative estimate of drug-likeness (QED) is 0.464. The fraction of sp³-hybridized carbons (Fsp3) is 0.250. The molecule has 2 N–H and O–H groups in total. The third kappa shape index (κ3) is 3.34. The molecule has 29 heavy (non-hydrogen) atoms. The third-order valence-electron chi connectivity index (χ3n) is 5.76. The van der Waals surface area contributed by atoms with Crippen LogP contribution < -0.4 is 5.73 Å². The first-order chi connectivity index (χ1) is 14.2. The average molecular weight is 404 g/mol. The van der Waals surface area contributed by atoms with Crippen LogP contribution in [0.4, 0.5) is 4.39 Å². The minimum atomic E-state index is -0.234. The number of pyridine rings is 1. The van der Waals surface area contributed by atoms with Crippen molar-refractivity contribution >= 4 is 21.7 Å². The Kier molecular flexibility index (Phi) is 4.64. The summed E-state index contributed by atoms with van der Waals surface area (Å²) in [6.45, 7) is 0.611. The molecule has 0 radical (unpaired) electrons. The summed E-state index contributed by atoms with van der Waals surface area (Å²) < 4.78 is 14.7. The van der Waals surface area contributed by atoms with Crippen molar-refractivity contribution in [1.29, 1.82) is 0 Å². The van der Waals surface area contributed by atoms with Gasteiger partial charge in [-0.1, -0.05) is 47.7 Å². The van der Waals surface area contributed by atoms with Gasteiger partial charge in [0.1, 0.15) is 21.2 Å². The van der Waals surface area contributed by atoms with Crippen LogP contribution in [0.5, 0.6) is 0 Å². The second-order valence-corrected chi connectivity index (χ2v) is 8.67. The number of aromatic nitrogens is 2. The second-order valence-electron chi connectivity index (χ2n) is 7.69. The van der Waals surface area contributed by atoms with Crippen molar-refractivity contribution in [2.24, 2.45) is 5.73 Å². The van der Waals surface area contributed by atoms with E-state index in [0.29, 0.717) is 17.1 Å². The number of hydrogen-bond donors (Lipinski definition) is 1. The van der Waals surface area contributed by atoms with Crippen molar-refractivity contribution in [3.05, 3.63) is 83.3 Å². The van der Waals surface area contributed by atoms with Gasteiger partial charge in [-0.2, -0.15) is 0 Å². The first kappa shape index (κ1) is 18.4. The van der Waals surface area contributed by atoms with Gasteiger partial charge in [-0.05, 0) is 67.6 Å². The monoisotopic (exact) mass is 403 g/mol. The molecule has 0 bridgehead atoms. The van der Waals surface area contributed by atoms with Crippen molar-refractivity contribution < 1.29 is 4.39 Å². The lowest BCUT2D eigenvalue weighted by atomic mass is 9.92. The molecule has 0 atom stereocenters. The van der Waals surface area contributed by atoms with E-state index >= 15 is 0 Å². The maximum atomic E-state index is 14.7. The van der Waals surface area contributed by atoms with Gasteiger partial charge in [0.25, 0.3) is 0 Å². The molecule has 0 saturated heterocycles. The molecule has 1 saturated carbocycles. The van der Waals surface area contributed by atoms with Gasteiger partial charge < -0.3 is 5.73 Å². The Balaban J connectivity index is 1.49. The summed E-state index contributed by atoms with van der Waals surface area (Å²) >= 11 is 1.46. The van der Waals surface area contributed by atoms with Gasteiger partial charge in [0.05, 0.1) is 5.69 Å². The number of rotatable bonds is 6. The minimum absolute atomic E-state index is 0.0233. The van der Waals surface area contributed by atoms with Crippen LogP contribution in [0.15, 0.2) is 60.7 Å². The predicted molar refractivity (Wildman–Crippen MR) is 117 cm³/mol. The number of thiazole rings is 1. The van der Waals surface area contributed by atoms with Gasteiger partial charge in [-0.3, -0.25) is 0 Å². The van der Waals surface area contributed by atoms with Gasteiger partial charge in [0.2, 0.25) is 0 Å². The molecule has 1 fully saturated rings. The Labute approximate surface area is 173 Å². The van der Waals surface area contributed by atoms with Gasteiger partial charge in [0.15, 0.2) is 0 Å². The number of halogens is 1. The highest BCUT2D eigenvalue weighted by Crippen LogP contribution is 2.53. The van der Waals surface area contributed by atoms with Crippen LogP contribution >= 0.6 is 11.3 Å². The lowest BCUT2D eigenvalue weighted by Gasteiger charge is -2.14. The van der Waals surface area contributed by atoms with Gasteiger partial charge in [0, 0.05) is 11.0 Å². The Morgan fingerprint density at radius 2 is 1.83 bits per heavy atom. The van der Waals surface area contributed by atoms with Crippen molar-refractivity contribution in [3.8, 4) is 10.6 Å². The molecule has 4 aromatic rings. The fourth-order valence-corrected chi connectivity index (χ4v) is 4.93. The lowest BCUT2D eigenvalue weighted by molar-refractivity contribution is 0.628. The van der Waals surface area contributed by atoms with Crippen molar-refractivity contribution in [1.82, 2.24) is 9.97 Å². The summed E-state index contributed by atoms with van der Waals surface area (Å²) in [5.74, 6) is -0.234. The molecule has 3 nitrogen and oxygen atoms in total. The molecule has 2 aromatic carbocycles. The number of benzene rings is 2. The van der Waals surface area contributed by atoms with Crippen LogP contribution in [0.1, 0.15) is 36.1 Å². The van der Waals surface area contributed by atoms with Gasteiger partial charge in [-0.25, -0.2) is 14.4 Å². The first-order valence-corrected chi connectivity index (χ1v) is 10.8. The van der Waals surface area contributed by atoms with E-state index in [9.17, 15) is 4.39 Å². The molecular formula is C24H22FN3S. The smallest absolute Gasteiger partial charge is 0.144 e. The highest BCUT2D eigenvalue weighted by Gasteiger charge is 2.47. The molecule has 1 aliphatic carbocycles. The van der Waals surface area contributed by atoms with Crippen LogP contribution in [0, 0.1) is 5.82 Å². The number of fused-ring (bicyclic) bond motifs is 1. The van der Waals surface area contributed by atoms with E-state index < -0.39 is 0 Å². The van der Waals surface area contributed by atoms with E-state index in [4.69, 9.17) is 10.7 Å². The highest BCUT2D eigenvalue weighted by molar-refractivity contribution is 7.21. The number of aryl methyl sites for hydroxylation is 1. The zero-order chi connectivity index (χ0) is 19.8. The summed E-state index contributed by atoms with van der Waals surface area (Å²) in [5.41, 5.74) is 10.3. The zero-order valence-corrected chi connectivity index (χ0v) is 16.9. The van der Waals surface area contributed by atoms with Gasteiger partial charge in [-0.15, -0.1) is 0 Å². The van der Waals surface area contributed by atoms with Crippen molar-refractivity contribution in [3.63, 3.8) is 0 Å². The van der Waals surface area contributed by atoms with E-state index in [-0.39, 0.29) is 11.2 Å². The van der Waals surface area contributed by atoms with Gasteiger partial charge >= 0.3 is 0 Å². The summed E-state index contributed by atoms with van der Waals surface area (Å²) in [5, 5.41) is 0.678. The SMILES string of the molecule is NCCCc1ccc(-c2nc3ccc(C4(c5ccccc5)CC4)nc3s2)c(F)c1. The summed E-state index contributed by atoms with van der Waals surface area (Å²) in [4.78, 5) is 10.5. The van der Waals surface area contributed by atoms with E-state index in [2.05, 4.69) is 35.3 Å². The standard InChI is InChI=1S/C24H22FN3S/c25-19-15-16(5-4-14-26)8-9-18(19)22-27-20-10-11-21(28-23(20)29-22)24(12-13-24)17-6-2-1-3-7-17/h1-3,6-11,15H,4-5,12-14,26H2. The Hall–Kier alpha value is -2.63. The van der Waals surface area contributed by atoms with E-state index in [0.717, 1.165) is 47.3 Å². The summed E-state index contributed by atoms with van der Waals surface area (Å²) in [6.07, 6.45) is 3.87. The largest absolute Gasteiger partial charge is 0.330 e. The normalized spacial score (nSPS) is 15.0. The molecule has 5 heteroatoms. The topological polar surface area (TPSA) is 51.8 Å². The molecule has 2 heterocycles. The fourth-order valence-electron chi connectivity index (χ4n) is 3.97. The second kappa shape index (κ2) is 7.32. The molecular weight excluding hydrogens is 381 g/mol. The minimum Gasteiger partial charge on any atom is -0.330 e. The average Bonchev–Trinajstić information content (AvgIpc) is 3.46. The highest BCUT2D eigenvalue weighted by atomic mass is 32.1. The lowest BCUT2D eigenvalue weighted by Crippen LogP contribution is -2.10. The van der Waals surface area contributed by atoms with E-state index in [1.54, 1.807) is 6.07 Å². The maximum absolute atomic E-state index is 14.7. The summed E-state index contributed by atoms with van der Waals surface area (Å²) in [7, 11) is 0. The maximum Gasteiger partial charge on any atom is 0.144 e. The number of nitrogens with two attached hydrogens (primary N) is 1. The zero-order valence-electron chi connectivity index (χ0n) is 16.1. The van der Waals surface area contributed by atoms with Crippen LogP contribution in [0.25, 0.3) is 20.9 Å². The number of nitrogens with zero attached hydrogens (tertiary/aromatic N) is 2. The van der Waals surface area contributed by atoms with E-state index in [1.807, 2.05) is 24.3 Å².